The molecule has 24 heavy (non-hydrogen) atoms. The second kappa shape index (κ2) is 19.4. The van der Waals surface area contributed by atoms with E-state index in [9.17, 15) is 9.90 Å². The zero-order chi connectivity index (χ0) is 17.3. The number of hydrogen-bond acceptors (Lipinski definition) is 3. The molecule has 0 radical (unpaired) electrons. The summed E-state index contributed by atoms with van der Waals surface area (Å²) >= 11 is 0. The number of carbonyl (C=O) groups is 1. The first-order chi connectivity index (χ1) is 11.1. The van der Waals surface area contributed by atoms with E-state index in [1.165, 1.54) is 77.0 Å². The van der Waals surface area contributed by atoms with Gasteiger partial charge in [-0.25, -0.2) is 0 Å². The average molecular weight is 333 g/mol. The van der Waals surface area contributed by atoms with E-state index in [0.29, 0.717) is 0 Å². The Bertz CT molecular complexity index is 258. The number of rotatable bonds is 17. The van der Waals surface area contributed by atoms with Gasteiger partial charge in [0.2, 0.25) is 0 Å². The predicted octanol–water partition coefficient (Wildman–Crippen LogP) is 1.54. The molecular weight excluding hydrogens is 293 g/mol. The molecule has 0 heterocycles. The molecular formula is C20H40LiNO2. The zero-order valence-corrected chi connectivity index (χ0v) is 16.9. The summed E-state index contributed by atoms with van der Waals surface area (Å²) < 4.78 is 0. The molecule has 1 unspecified atom stereocenters. The summed E-state index contributed by atoms with van der Waals surface area (Å²) in [5.74, 6) is -0.923. The van der Waals surface area contributed by atoms with Gasteiger partial charge in [0, 0.05) is 18.4 Å². The molecule has 0 N–H and O–H groups in total. The van der Waals surface area contributed by atoms with Gasteiger partial charge < -0.3 is 14.8 Å². The van der Waals surface area contributed by atoms with Gasteiger partial charge in [-0.05, 0) is 32.9 Å². The summed E-state index contributed by atoms with van der Waals surface area (Å²) in [7, 11) is 0. The van der Waals surface area contributed by atoms with E-state index >= 15 is 0 Å². The average Bonchev–Trinajstić information content (AvgIpc) is 2.51. The van der Waals surface area contributed by atoms with Crippen molar-refractivity contribution in [3.05, 3.63) is 0 Å². The molecule has 0 rings (SSSR count). The normalized spacial score (nSPS) is 12.2. The molecule has 0 aromatic heterocycles. The van der Waals surface area contributed by atoms with E-state index in [1.54, 1.807) is 0 Å². The molecule has 4 heteroatoms. The smallest absolute Gasteiger partial charge is 0.550 e. The van der Waals surface area contributed by atoms with Crippen molar-refractivity contribution in [2.75, 3.05) is 13.1 Å². The SMILES string of the molecule is CCCCCCCCN(CCCCCCCC)C(C)CC(=O)[O-].[Li+]. The van der Waals surface area contributed by atoms with Crippen LogP contribution in [0.3, 0.4) is 0 Å². The molecule has 0 fully saturated rings. The van der Waals surface area contributed by atoms with Gasteiger partial charge in [-0.1, -0.05) is 78.1 Å². The Morgan fingerprint density at radius 2 is 1.17 bits per heavy atom. The van der Waals surface area contributed by atoms with Gasteiger partial charge in [-0.3, -0.25) is 0 Å². The van der Waals surface area contributed by atoms with Gasteiger partial charge in [0.15, 0.2) is 0 Å². The van der Waals surface area contributed by atoms with Crippen LogP contribution in [-0.2, 0) is 4.79 Å². The van der Waals surface area contributed by atoms with Crippen molar-refractivity contribution in [1.29, 1.82) is 0 Å². The third-order valence-corrected chi connectivity index (χ3v) is 4.68. The van der Waals surface area contributed by atoms with Crippen LogP contribution in [-0.4, -0.2) is 30.0 Å². The first-order valence-corrected chi connectivity index (χ1v) is 10.1. The first kappa shape index (κ1) is 26.3. The quantitative estimate of drug-likeness (QED) is 0.300. The van der Waals surface area contributed by atoms with Crippen LogP contribution < -0.4 is 24.0 Å². The minimum absolute atomic E-state index is 0. The van der Waals surface area contributed by atoms with Gasteiger partial charge in [0.1, 0.15) is 0 Å². The minimum Gasteiger partial charge on any atom is -0.550 e. The molecule has 0 aliphatic heterocycles. The summed E-state index contributed by atoms with van der Waals surface area (Å²) in [6.45, 7) is 8.59. The molecule has 3 nitrogen and oxygen atoms in total. The van der Waals surface area contributed by atoms with E-state index in [0.717, 1.165) is 13.1 Å². The molecule has 0 aromatic rings. The second-order valence-corrected chi connectivity index (χ2v) is 7.00. The molecule has 1 atom stereocenters. The topological polar surface area (TPSA) is 43.4 Å². The summed E-state index contributed by atoms with van der Waals surface area (Å²) in [4.78, 5) is 13.2. The van der Waals surface area contributed by atoms with Crippen LogP contribution >= 0.6 is 0 Å². The number of unbranched alkanes of at least 4 members (excludes halogenated alkanes) is 10. The van der Waals surface area contributed by atoms with Crippen LogP contribution in [0.5, 0.6) is 0 Å². The largest absolute Gasteiger partial charge is 1.00 e. The molecule has 0 bridgehead atoms. The van der Waals surface area contributed by atoms with E-state index < -0.39 is 5.97 Å². The maximum atomic E-state index is 10.9. The Hall–Kier alpha value is 0.0274. The van der Waals surface area contributed by atoms with Crippen molar-refractivity contribution in [1.82, 2.24) is 4.90 Å². The number of aliphatic carboxylic acids is 1. The Balaban J connectivity index is 0. The predicted molar refractivity (Wildman–Crippen MR) is 97.4 cm³/mol. The summed E-state index contributed by atoms with van der Waals surface area (Å²) in [6, 6.07) is 0.103. The van der Waals surface area contributed by atoms with E-state index in [4.69, 9.17) is 0 Å². The first-order valence-electron chi connectivity index (χ1n) is 10.1. The van der Waals surface area contributed by atoms with Gasteiger partial charge in [-0.15, -0.1) is 0 Å². The van der Waals surface area contributed by atoms with Crippen LogP contribution in [0.4, 0.5) is 0 Å². The zero-order valence-electron chi connectivity index (χ0n) is 16.9. The van der Waals surface area contributed by atoms with Crippen LogP contribution in [0, 0.1) is 0 Å². The minimum atomic E-state index is -0.923. The standard InChI is InChI=1S/C20H41NO2.Li/c1-4-6-8-10-12-14-16-21(19(3)18-20(22)23)17-15-13-11-9-7-5-2;/h19H,4-18H2,1-3H3,(H,22,23);/q;+1/p-1. The van der Waals surface area contributed by atoms with Crippen LogP contribution in [0.2, 0.25) is 0 Å². The Morgan fingerprint density at radius 3 is 1.54 bits per heavy atom. The fraction of sp³-hybridized carbons (Fsp3) is 0.950. The monoisotopic (exact) mass is 333 g/mol. The summed E-state index contributed by atoms with van der Waals surface area (Å²) in [5, 5.41) is 10.9. The maximum absolute atomic E-state index is 10.9. The van der Waals surface area contributed by atoms with E-state index in [-0.39, 0.29) is 31.3 Å². The van der Waals surface area contributed by atoms with Crippen molar-refractivity contribution >= 4 is 5.97 Å². The number of carbonyl (C=O) groups excluding carboxylic acids is 1. The van der Waals surface area contributed by atoms with Gasteiger partial charge in [0.25, 0.3) is 0 Å². The molecule has 138 valence electrons. The number of hydrogen-bond donors (Lipinski definition) is 0. The Morgan fingerprint density at radius 1 is 0.792 bits per heavy atom. The van der Waals surface area contributed by atoms with Crippen LogP contribution in [0.25, 0.3) is 0 Å². The van der Waals surface area contributed by atoms with Gasteiger partial charge >= 0.3 is 18.9 Å². The van der Waals surface area contributed by atoms with E-state index in [2.05, 4.69) is 18.7 Å². The van der Waals surface area contributed by atoms with Crippen molar-refractivity contribution < 1.29 is 28.8 Å². The van der Waals surface area contributed by atoms with Gasteiger partial charge in [-0.2, -0.15) is 0 Å². The van der Waals surface area contributed by atoms with Crippen LogP contribution in [0.1, 0.15) is 104 Å². The summed E-state index contributed by atoms with van der Waals surface area (Å²) in [5.41, 5.74) is 0. The van der Waals surface area contributed by atoms with Gasteiger partial charge in [0.05, 0.1) is 0 Å². The molecule has 0 aromatic carbocycles. The Kier molecular flexibility index (Phi) is 21.2. The fourth-order valence-electron chi connectivity index (χ4n) is 3.11. The molecule has 0 aliphatic carbocycles. The molecule has 0 amide bonds. The fourth-order valence-corrected chi connectivity index (χ4v) is 3.11. The maximum Gasteiger partial charge on any atom is 1.00 e. The third-order valence-electron chi connectivity index (χ3n) is 4.68. The third kappa shape index (κ3) is 16.9. The van der Waals surface area contributed by atoms with Crippen LogP contribution in [0.15, 0.2) is 0 Å². The molecule has 0 saturated carbocycles. The van der Waals surface area contributed by atoms with Crippen molar-refractivity contribution in [2.24, 2.45) is 0 Å². The number of carboxylic acid groups (broad SMARTS) is 1. The van der Waals surface area contributed by atoms with Crippen molar-refractivity contribution in [2.45, 2.75) is 110 Å². The second-order valence-electron chi connectivity index (χ2n) is 7.00. The molecule has 0 spiro atoms. The van der Waals surface area contributed by atoms with Crippen molar-refractivity contribution in [3.8, 4) is 0 Å². The molecule has 0 saturated heterocycles. The van der Waals surface area contributed by atoms with E-state index in [1.807, 2.05) is 6.92 Å². The Labute approximate surface area is 163 Å². The molecule has 0 aliphatic rings. The number of carboxylic acids is 1. The van der Waals surface area contributed by atoms with Crippen molar-refractivity contribution in [3.63, 3.8) is 0 Å². The number of nitrogens with zero attached hydrogens (tertiary/aromatic N) is 1. The summed E-state index contributed by atoms with van der Waals surface area (Å²) in [6.07, 6.45) is 15.6.